The van der Waals surface area contributed by atoms with Crippen LogP contribution >= 0.6 is 46.6 Å². The molecular weight excluding hydrogens is 347 g/mol. The topological polar surface area (TPSA) is 24.4 Å². The highest BCUT2D eigenvalue weighted by molar-refractivity contribution is 8.17. The Hall–Kier alpha value is -1.13. The van der Waals surface area contributed by atoms with Gasteiger partial charge in [0, 0.05) is 16.5 Å². The fourth-order valence-corrected chi connectivity index (χ4v) is 3.23. The number of nitrogens with zero attached hydrogens (tertiary/aromatic N) is 1. The SMILES string of the molecule is Clc1ccc(C2=CSC(c3ccccc3Cl)=NN2)cc1Cl. The number of rotatable bonds is 2. The normalized spacial score (nSPS) is 14.2. The number of halogens is 3. The molecule has 2 aromatic carbocycles. The first-order chi connectivity index (χ1) is 10.1. The van der Waals surface area contributed by atoms with Gasteiger partial charge in [-0.15, -0.1) is 0 Å². The molecule has 2 aromatic rings. The van der Waals surface area contributed by atoms with Crippen molar-refractivity contribution in [3.05, 3.63) is 74.1 Å². The van der Waals surface area contributed by atoms with Gasteiger partial charge in [0.15, 0.2) is 0 Å². The molecule has 0 spiro atoms. The maximum Gasteiger partial charge on any atom is 0.129 e. The van der Waals surface area contributed by atoms with Crippen LogP contribution in [0.5, 0.6) is 0 Å². The van der Waals surface area contributed by atoms with Crippen molar-refractivity contribution < 1.29 is 0 Å². The Labute approximate surface area is 141 Å². The summed E-state index contributed by atoms with van der Waals surface area (Å²) in [6.45, 7) is 0. The number of hydrogen-bond acceptors (Lipinski definition) is 3. The first kappa shape index (κ1) is 14.8. The molecule has 3 rings (SSSR count). The summed E-state index contributed by atoms with van der Waals surface area (Å²) < 4.78 is 0. The Kier molecular flexibility index (Phi) is 4.45. The molecule has 0 bridgehead atoms. The number of benzene rings is 2. The van der Waals surface area contributed by atoms with Crippen LogP contribution in [0.2, 0.25) is 15.1 Å². The average Bonchev–Trinajstić information content (AvgIpc) is 2.51. The third-order valence-electron chi connectivity index (χ3n) is 2.90. The predicted molar refractivity (Wildman–Crippen MR) is 93.2 cm³/mol. The zero-order valence-corrected chi connectivity index (χ0v) is 13.7. The largest absolute Gasteiger partial charge is 0.276 e. The van der Waals surface area contributed by atoms with Crippen LogP contribution in [0.15, 0.2) is 53.0 Å². The van der Waals surface area contributed by atoms with E-state index < -0.39 is 0 Å². The van der Waals surface area contributed by atoms with Gasteiger partial charge in [-0.25, -0.2) is 0 Å². The van der Waals surface area contributed by atoms with Gasteiger partial charge < -0.3 is 0 Å². The quantitative estimate of drug-likeness (QED) is 0.753. The molecule has 0 amide bonds. The molecule has 0 saturated heterocycles. The van der Waals surface area contributed by atoms with Gasteiger partial charge in [-0.1, -0.05) is 70.8 Å². The van der Waals surface area contributed by atoms with E-state index in [9.17, 15) is 0 Å². The molecule has 1 N–H and O–H groups in total. The molecule has 2 nitrogen and oxygen atoms in total. The number of nitrogens with one attached hydrogen (secondary N) is 1. The summed E-state index contributed by atoms with van der Waals surface area (Å²) in [6, 6.07) is 13.1. The van der Waals surface area contributed by atoms with E-state index in [1.54, 1.807) is 12.1 Å². The van der Waals surface area contributed by atoms with Crippen molar-refractivity contribution in [3.8, 4) is 0 Å². The van der Waals surface area contributed by atoms with Gasteiger partial charge in [0.25, 0.3) is 0 Å². The lowest BCUT2D eigenvalue weighted by Gasteiger charge is -2.15. The van der Waals surface area contributed by atoms with E-state index in [0.29, 0.717) is 15.1 Å². The fourth-order valence-electron chi connectivity index (χ4n) is 1.83. The fraction of sp³-hybridized carbons (Fsp3) is 0. The van der Waals surface area contributed by atoms with Gasteiger partial charge in [0.2, 0.25) is 0 Å². The second-order valence-electron chi connectivity index (χ2n) is 4.29. The molecule has 0 aliphatic carbocycles. The van der Waals surface area contributed by atoms with Crippen molar-refractivity contribution in [1.82, 2.24) is 5.43 Å². The molecule has 0 atom stereocenters. The number of hydrazone groups is 1. The van der Waals surface area contributed by atoms with E-state index >= 15 is 0 Å². The Morgan fingerprint density at radius 1 is 0.905 bits per heavy atom. The van der Waals surface area contributed by atoms with Crippen molar-refractivity contribution in [2.24, 2.45) is 5.10 Å². The van der Waals surface area contributed by atoms with Crippen LogP contribution in [0, 0.1) is 0 Å². The van der Waals surface area contributed by atoms with Gasteiger partial charge in [-0.05, 0) is 18.2 Å². The van der Waals surface area contributed by atoms with Crippen LogP contribution in [-0.2, 0) is 0 Å². The molecule has 0 radical (unpaired) electrons. The van der Waals surface area contributed by atoms with E-state index in [4.69, 9.17) is 34.8 Å². The average molecular weight is 356 g/mol. The Morgan fingerprint density at radius 2 is 1.71 bits per heavy atom. The second-order valence-corrected chi connectivity index (χ2v) is 6.37. The van der Waals surface area contributed by atoms with Gasteiger partial charge in [-0.3, -0.25) is 5.43 Å². The number of hydrogen-bond donors (Lipinski definition) is 1. The zero-order chi connectivity index (χ0) is 14.8. The van der Waals surface area contributed by atoms with E-state index in [0.717, 1.165) is 21.9 Å². The maximum absolute atomic E-state index is 6.17. The van der Waals surface area contributed by atoms with E-state index in [2.05, 4.69) is 10.5 Å². The third kappa shape index (κ3) is 3.22. The minimum atomic E-state index is 0.516. The summed E-state index contributed by atoms with van der Waals surface area (Å²) in [5.41, 5.74) is 5.73. The summed E-state index contributed by atoms with van der Waals surface area (Å²) in [5, 5.41) is 8.90. The third-order valence-corrected chi connectivity index (χ3v) is 4.86. The van der Waals surface area contributed by atoms with E-state index in [1.807, 2.05) is 35.7 Å². The minimum Gasteiger partial charge on any atom is -0.276 e. The van der Waals surface area contributed by atoms with E-state index in [1.165, 1.54) is 11.8 Å². The highest BCUT2D eigenvalue weighted by Crippen LogP contribution is 2.30. The first-order valence-electron chi connectivity index (χ1n) is 6.06. The van der Waals surface area contributed by atoms with Crippen LogP contribution in [-0.4, -0.2) is 5.04 Å². The molecule has 0 unspecified atom stereocenters. The highest BCUT2D eigenvalue weighted by atomic mass is 35.5. The molecule has 106 valence electrons. The molecular formula is C15H9Cl3N2S. The minimum absolute atomic E-state index is 0.516. The zero-order valence-electron chi connectivity index (χ0n) is 10.6. The standard InChI is InChI=1S/C15H9Cl3N2S/c16-11-4-2-1-3-10(11)15-20-19-14(8-21-15)9-5-6-12(17)13(18)7-9/h1-8,19H. The molecule has 0 aromatic heterocycles. The van der Waals surface area contributed by atoms with Crippen LogP contribution < -0.4 is 5.43 Å². The van der Waals surface area contributed by atoms with Gasteiger partial charge in [-0.2, -0.15) is 5.10 Å². The summed E-state index contributed by atoms with van der Waals surface area (Å²) in [7, 11) is 0. The van der Waals surface area contributed by atoms with Gasteiger partial charge >= 0.3 is 0 Å². The lowest BCUT2D eigenvalue weighted by atomic mass is 10.2. The Morgan fingerprint density at radius 3 is 2.38 bits per heavy atom. The van der Waals surface area contributed by atoms with Crippen molar-refractivity contribution >= 4 is 57.3 Å². The van der Waals surface area contributed by atoms with Gasteiger partial charge in [0.05, 0.1) is 20.8 Å². The lowest BCUT2D eigenvalue weighted by Crippen LogP contribution is -2.12. The lowest BCUT2D eigenvalue weighted by molar-refractivity contribution is 0.996. The summed E-state index contributed by atoms with van der Waals surface area (Å²) >= 11 is 19.6. The highest BCUT2D eigenvalue weighted by Gasteiger charge is 2.14. The monoisotopic (exact) mass is 354 g/mol. The second kappa shape index (κ2) is 6.32. The number of thioether (sulfide) groups is 1. The molecule has 1 aliphatic rings. The van der Waals surface area contributed by atoms with Crippen LogP contribution in [0.25, 0.3) is 5.70 Å². The molecule has 21 heavy (non-hydrogen) atoms. The van der Waals surface area contributed by atoms with Crippen molar-refractivity contribution in [2.45, 2.75) is 0 Å². The summed E-state index contributed by atoms with van der Waals surface area (Å²) in [4.78, 5) is 0. The summed E-state index contributed by atoms with van der Waals surface area (Å²) in [6.07, 6.45) is 0. The van der Waals surface area contributed by atoms with Crippen LogP contribution in [0.3, 0.4) is 0 Å². The molecule has 1 heterocycles. The molecule has 0 saturated carbocycles. The molecule has 6 heteroatoms. The van der Waals surface area contributed by atoms with Crippen LogP contribution in [0.4, 0.5) is 0 Å². The first-order valence-corrected chi connectivity index (χ1v) is 8.07. The van der Waals surface area contributed by atoms with Gasteiger partial charge in [0.1, 0.15) is 5.04 Å². The van der Waals surface area contributed by atoms with Crippen LogP contribution in [0.1, 0.15) is 11.1 Å². The smallest absolute Gasteiger partial charge is 0.129 e. The Bertz CT molecular complexity index is 756. The summed E-state index contributed by atoms with van der Waals surface area (Å²) in [5.74, 6) is 0. The van der Waals surface area contributed by atoms with Crippen molar-refractivity contribution in [1.29, 1.82) is 0 Å². The molecule has 0 fully saturated rings. The Balaban J connectivity index is 1.83. The van der Waals surface area contributed by atoms with Crippen molar-refractivity contribution in [3.63, 3.8) is 0 Å². The molecule has 1 aliphatic heterocycles. The predicted octanol–water partition coefficient (Wildman–Crippen LogP) is 5.64. The maximum atomic E-state index is 6.17. The van der Waals surface area contributed by atoms with Crippen molar-refractivity contribution in [2.75, 3.05) is 0 Å². The van der Waals surface area contributed by atoms with E-state index in [-0.39, 0.29) is 0 Å².